The molecule has 0 aromatic rings. The minimum Gasteiger partial charge on any atom is -0.393 e. The molecule has 0 aromatic heterocycles. The van der Waals surface area contributed by atoms with Gasteiger partial charge in [0.25, 0.3) is 0 Å². The zero-order valence-electron chi connectivity index (χ0n) is 10.6. The molecule has 1 atom stereocenters. The largest absolute Gasteiger partial charge is 0.393 e. The first kappa shape index (κ1) is 11.5. The van der Waals surface area contributed by atoms with Crippen molar-refractivity contribution in [3.8, 4) is 0 Å². The summed E-state index contributed by atoms with van der Waals surface area (Å²) in [4.78, 5) is 11.9. The fourth-order valence-corrected chi connectivity index (χ4v) is 4.88. The van der Waals surface area contributed by atoms with E-state index in [2.05, 4.69) is 5.32 Å². The number of aliphatic hydroxyl groups excluding tert-OH is 1. The summed E-state index contributed by atoms with van der Waals surface area (Å²) in [5.74, 6) is 2.61. The molecule has 0 heterocycles. The highest BCUT2D eigenvalue weighted by Gasteiger charge is 2.51. The van der Waals surface area contributed by atoms with Crippen LogP contribution in [0.5, 0.6) is 0 Å². The molecule has 4 bridgehead atoms. The number of amides is 1. The van der Waals surface area contributed by atoms with Crippen molar-refractivity contribution >= 4 is 5.91 Å². The van der Waals surface area contributed by atoms with E-state index >= 15 is 0 Å². The Hall–Kier alpha value is -0.570. The Bertz CT molecular complexity index is 289. The summed E-state index contributed by atoms with van der Waals surface area (Å²) in [5, 5.41) is 12.5. The van der Waals surface area contributed by atoms with Gasteiger partial charge >= 0.3 is 0 Å². The van der Waals surface area contributed by atoms with E-state index in [1.54, 1.807) is 6.92 Å². The monoisotopic (exact) mass is 237 g/mol. The van der Waals surface area contributed by atoms with Crippen molar-refractivity contribution in [3.05, 3.63) is 0 Å². The Labute approximate surface area is 103 Å². The maximum atomic E-state index is 11.9. The lowest BCUT2D eigenvalue weighted by Gasteiger charge is -2.57. The first-order valence-corrected chi connectivity index (χ1v) is 7.04. The van der Waals surface area contributed by atoms with Gasteiger partial charge in [0.2, 0.25) is 5.91 Å². The SMILES string of the molecule is CC(O)CC(=O)NC12CC3CC(CC(C3)C1)C2. The van der Waals surface area contributed by atoms with Gasteiger partial charge in [-0.15, -0.1) is 0 Å². The zero-order chi connectivity index (χ0) is 12.0. The van der Waals surface area contributed by atoms with Crippen LogP contribution in [0.2, 0.25) is 0 Å². The zero-order valence-corrected chi connectivity index (χ0v) is 10.6. The predicted octanol–water partition coefficient (Wildman–Crippen LogP) is 1.84. The van der Waals surface area contributed by atoms with Crippen molar-refractivity contribution < 1.29 is 9.90 Å². The molecule has 2 N–H and O–H groups in total. The van der Waals surface area contributed by atoms with Crippen LogP contribution in [0.15, 0.2) is 0 Å². The lowest BCUT2D eigenvalue weighted by atomic mass is 9.53. The molecule has 4 fully saturated rings. The molecule has 1 amide bonds. The van der Waals surface area contributed by atoms with Gasteiger partial charge in [0.05, 0.1) is 12.5 Å². The minimum atomic E-state index is -0.524. The summed E-state index contributed by atoms with van der Waals surface area (Å²) in [7, 11) is 0. The fraction of sp³-hybridized carbons (Fsp3) is 0.929. The second-order valence-electron chi connectivity index (χ2n) is 6.80. The van der Waals surface area contributed by atoms with Crippen molar-refractivity contribution in [1.82, 2.24) is 5.32 Å². The molecule has 4 rings (SSSR count). The van der Waals surface area contributed by atoms with Crippen molar-refractivity contribution in [2.24, 2.45) is 17.8 Å². The van der Waals surface area contributed by atoms with Crippen molar-refractivity contribution in [2.75, 3.05) is 0 Å². The van der Waals surface area contributed by atoms with E-state index in [1.807, 2.05) is 0 Å². The first-order valence-electron chi connectivity index (χ1n) is 7.04. The molecular weight excluding hydrogens is 214 g/mol. The van der Waals surface area contributed by atoms with Crippen molar-refractivity contribution in [2.45, 2.75) is 63.5 Å². The van der Waals surface area contributed by atoms with Gasteiger partial charge < -0.3 is 10.4 Å². The van der Waals surface area contributed by atoms with Crippen LogP contribution in [0.4, 0.5) is 0 Å². The maximum Gasteiger partial charge on any atom is 0.223 e. The van der Waals surface area contributed by atoms with Crippen LogP contribution in [0.1, 0.15) is 51.9 Å². The van der Waals surface area contributed by atoms with E-state index in [1.165, 1.54) is 38.5 Å². The van der Waals surface area contributed by atoms with Gasteiger partial charge in [-0.25, -0.2) is 0 Å². The number of hydrogen-bond acceptors (Lipinski definition) is 2. The summed E-state index contributed by atoms with van der Waals surface area (Å²) in [6, 6.07) is 0. The second-order valence-corrected chi connectivity index (χ2v) is 6.80. The highest BCUT2D eigenvalue weighted by molar-refractivity contribution is 5.77. The third-order valence-corrected chi connectivity index (χ3v) is 4.92. The van der Waals surface area contributed by atoms with Crippen LogP contribution in [0, 0.1) is 17.8 Å². The third-order valence-electron chi connectivity index (χ3n) is 4.92. The van der Waals surface area contributed by atoms with Gasteiger partial charge in [0, 0.05) is 5.54 Å². The molecule has 3 nitrogen and oxygen atoms in total. The topological polar surface area (TPSA) is 49.3 Å². The molecule has 0 saturated heterocycles. The molecule has 0 aliphatic heterocycles. The van der Waals surface area contributed by atoms with Gasteiger partial charge in [0.1, 0.15) is 0 Å². The molecule has 1 unspecified atom stereocenters. The third kappa shape index (κ3) is 2.22. The van der Waals surface area contributed by atoms with Gasteiger partial charge in [0.15, 0.2) is 0 Å². The highest BCUT2D eigenvalue weighted by atomic mass is 16.3. The van der Waals surface area contributed by atoms with Crippen molar-refractivity contribution in [3.63, 3.8) is 0 Å². The Morgan fingerprint density at radius 3 is 2.12 bits per heavy atom. The lowest BCUT2D eigenvalue weighted by molar-refractivity contribution is -0.128. The van der Waals surface area contributed by atoms with Gasteiger partial charge in [-0.05, 0) is 63.2 Å². The predicted molar refractivity (Wildman–Crippen MR) is 65.3 cm³/mol. The van der Waals surface area contributed by atoms with Gasteiger partial charge in [-0.2, -0.15) is 0 Å². The molecule has 0 spiro atoms. The average Bonchev–Trinajstić information content (AvgIpc) is 2.11. The fourth-order valence-electron chi connectivity index (χ4n) is 4.88. The Balaban J connectivity index is 1.68. The molecule has 96 valence electrons. The molecule has 0 aromatic carbocycles. The Morgan fingerprint density at radius 1 is 1.24 bits per heavy atom. The van der Waals surface area contributed by atoms with Crippen LogP contribution in [-0.4, -0.2) is 22.7 Å². The van der Waals surface area contributed by atoms with E-state index in [9.17, 15) is 9.90 Å². The van der Waals surface area contributed by atoms with E-state index in [0.717, 1.165) is 17.8 Å². The number of rotatable bonds is 3. The van der Waals surface area contributed by atoms with E-state index in [-0.39, 0.29) is 17.9 Å². The number of nitrogens with one attached hydrogen (secondary N) is 1. The Kier molecular flexibility index (Phi) is 2.69. The first-order chi connectivity index (χ1) is 8.05. The van der Waals surface area contributed by atoms with Crippen LogP contribution >= 0.6 is 0 Å². The molecular formula is C14H23NO2. The molecule has 4 saturated carbocycles. The number of aliphatic hydroxyl groups is 1. The Morgan fingerprint density at radius 2 is 1.71 bits per heavy atom. The molecule has 0 radical (unpaired) electrons. The second kappa shape index (κ2) is 3.98. The maximum absolute atomic E-state index is 11.9. The normalized spacial score (nSPS) is 44.7. The summed E-state index contributed by atoms with van der Waals surface area (Å²) < 4.78 is 0. The molecule has 17 heavy (non-hydrogen) atoms. The minimum absolute atomic E-state index is 0.0435. The standard InChI is InChI=1S/C14H23NO2/c1-9(16)2-13(17)15-14-6-10-3-11(7-14)5-12(4-10)8-14/h9-12,16H,2-8H2,1H3,(H,15,17). The summed E-state index contributed by atoms with van der Waals surface area (Å²) in [5.41, 5.74) is 0.0979. The van der Waals surface area contributed by atoms with Crippen LogP contribution in [-0.2, 0) is 4.79 Å². The molecule has 4 aliphatic rings. The number of carbonyl (C=O) groups is 1. The van der Waals surface area contributed by atoms with Crippen LogP contribution < -0.4 is 5.32 Å². The number of hydrogen-bond donors (Lipinski definition) is 2. The van der Waals surface area contributed by atoms with Gasteiger partial charge in [-0.1, -0.05) is 0 Å². The molecule has 4 aliphatic carbocycles. The lowest BCUT2D eigenvalue weighted by Crippen LogP contribution is -2.60. The quantitative estimate of drug-likeness (QED) is 0.787. The van der Waals surface area contributed by atoms with Gasteiger partial charge in [-0.3, -0.25) is 4.79 Å². The van der Waals surface area contributed by atoms with E-state index < -0.39 is 6.10 Å². The summed E-state index contributed by atoms with van der Waals surface area (Å²) >= 11 is 0. The van der Waals surface area contributed by atoms with E-state index in [4.69, 9.17) is 0 Å². The highest BCUT2D eigenvalue weighted by Crippen LogP contribution is 2.55. The van der Waals surface area contributed by atoms with Crippen molar-refractivity contribution in [1.29, 1.82) is 0 Å². The van der Waals surface area contributed by atoms with Crippen LogP contribution in [0.25, 0.3) is 0 Å². The smallest absolute Gasteiger partial charge is 0.223 e. The average molecular weight is 237 g/mol. The summed E-state index contributed by atoms with van der Waals surface area (Å²) in [6.07, 6.45) is 7.47. The van der Waals surface area contributed by atoms with Crippen LogP contribution in [0.3, 0.4) is 0 Å². The molecule has 3 heteroatoms. The van der Waals surface area contributed by atoms with E-state index in [0.29, 0.717) is 0 Å². The summed E-state index contributed by atoms with van der Waals surface area (Å²) in [6.45, 7) is 1.68. The number of carbonyl (C=O) groups excluding carboxylic acids is 1.